The molecule has 2 aromatic carbocycles. The summed E-state index contributed by atoms with van der Waals surface area (Å²) in [6.45, 7) is 4.32. The fourth-order valence-corrected chi connectivity index (χ4v) is 3.79. The highest BCUT2D eigenvalue weighted by molar-refractivity contribution is 6.31. The summed E-state index contributed by atoms with van der Waals surface area (Å²) in [4.78, 5) is 27.6. The van der Waals surface area contributed by atoms with E-state index in [4.69, 9.17) is 32.7 Å². The fraction of sp³-hybridized carbons (Fsp3) is 0.250. The summed E-state index contributed by atoms with van der Waals surface area (Å²) in [6.07, 6.45) is 3.40. The minimum Gasteiger partial charge on any atom is -0.463 e. The first-order chi connectivity index (χ1) is 14.9. The minimum atomic E-state index is -0.701. The second-order valence-corrected chi connectivity index (χ2v) is 7.71. The van der Waals surface area contributed by atoms with E-state index in [1.807, 2.05) is 18.2 Å². The molecule has 0 atom stereocenters. The maximum atomic E-state index is 12.9. The fourth-order valence-electron chi connectivity index (χ4n) is 3.42. The number of carbonyl (C=O) groups is 2. The highest BCUT2D eigenvalue weighted by Crippen LogP contribution is 2.40. The Kier molecular flexibility index (Phi) is 7.77. The molecule has 0 aliphatic carbocycles. The van der Waals surface area contributed by atoms with Crippen molar-refractivity contribution in [3.63, 3.8) is 0 Å². The Morgan fingerprint density at radius 1 is 0.871 bits per heavy atom. The quantitative estimate of drug-likeness (QED) is 0.512. The second-order valence-electron chi connectivity index (χ2n) is 6.86. The number of hydrogen-bond acceptors (Lipinski definition) is 5. The van der Waals surface area contributed by atoms with Gasteiger partial charge >= 0.3 is 11.9 Å². The Morgan fingerprint density at radius 3 is 1.94 bits per heavy atom. The molecule has 0 bridgehead atoms. The van der Waals surface area contributed by atoms with Gasteiger partial charge in [-0.1, -0.05) is 53.5 Å². The van der Waals surface area contributed by atoms with Crippen LogP contribution < -0.4 is 0 Å². The number of benzene rings is 2. The summed E-state index contributed by atoms with van der Waals surface area (Å²) in [5.41, 5.74) is 2.22. The molecule has 0 N–H and O–H groups in total. The minimum absolute atomic E-state index is 0.209. The van der Waals surface area contributed by atoms with Gasteiger partial charge in [-0.15, -0.1) is 0 Å². The van der Waals surface area contributed by atoms with Crippen molar-refractivity contribution in [2.24, 2.45) is 0 Å². The maximum absolute atomic E-state index is 12.9. The van der Waals surface area contributed by atoms with E-state index >= 15 is 0 Å². The number of rotatable bonds is 7. The molecule has 0 fully saturated rings. The average molecular weight is 460 g/mol. The van der Waals surface area contributed by atoms with Crippen LogP contribution in [0.15, 0.2) is 72.1 Å². The lowest BCUT2D eigenvalue weighted by molar-refractivity contribution is -0.139. The molecule has 3 rings (SSSR count). The zero-order valence-electron chi connectivity index (χ0n) is 17.3. The molecule has 1 heterocycles. The van der Waals surface area contributed by atoms with Gasteiger partial charge in [0.1, 0.15) is 0 Å². The van der Waals surface area contributed by atoms with Crippen molar-refractivity contribution >= 4 is 35.1 Å². The lowest BCUT2D eigenvalue weighted by Crippen LogP contribution is -2.29. The van der Waals surface area contributed by atoms with Gasteiger partial charge in [-0.3, -0.25) is 0 Å². The van der Waals surface area contributed by atoms with Crippen molar-refractivity contribution in [3.8, 4) is 0 Å². The zero-order chi connectivity index (χ0) is 22.4. The Balaban J connectivity index is 2.09. The molecule has 1 aliphatic heterocycles. The van der Waals surface area contributed by atoms with E-state index in [1.54, 1.807) is 61.5 Å². The first-order valence-corrected chi connectivity index (χ1v) is 10.7. The van der Waals surface area contributed by atoms with Crippen LogP contribution in [0.1, 0.15) is 30.9 Å². The first kappa shape index (κ1) is 22.9. The zero-order valence-corrected chi connectivity index (χ0v) is 18.8. The summed E-state index contributed by atoms with van der Waals surface area (Å²) in [5.74, 6) is -1.72. The van der Waals surface area contributed by atoms with Gasteiger partial charge in [0, 0.05) is 29.0 Å². The van der Waals surface area contributed by atoms with Crippen LogP contribution >= 0.6 is 23.2 Å². The van der Waals surface area contributed by atoms with Gasteiger partial charge in [0.25, 0.3) is 0 Å². The highest BCUT2D eigenvalue weighted by Gasteiger charge is 2.36. The molecule has 5 nitrogen and oxygen atoms in total. The summed E-state index contributed by atoms with van der Waals surface area (Å²) in [5, 5.41) is 1.08. The van der Waals surface area contributed by atoms with Crippen LogP contribution in [-0.2, 0) is 25.6 Å². The van der Waals surface area contributed by atoms with E-state index in [0.717, 1.165) is 5.56 Å². The maximum Gasteiger partial charge on any atom is 0.336 e. The monoisotopic (exact) mass is 459 g/mol. The van der Waals surface area contributed by atoms with Crippen molar-refractivity contribution in [3.05, 3.63) is 93.2 Å². The highest BCUT2D eigenvalue weighted by atomic mass is 35.5. The van der Waals surface area contributed by atoms with Gasteiger partial charge in [0.2, 0.25) is 0 Å². The van der Waals surface area contributed by atoms with Crippen molar-refractivity contribution < 1.29 is 19.1 Å². The molecule has 0 amide bonds. The van der Waals surface area contributed by atoms with Crippen LogP contribution in [0.2, 0.25) is 10.0 Å². The molecule has 31 heavy (non-hydrogen) atoms. The smallest absolute Gasteiger partial charge is 0.336 e. The molecule has 1 aliphatic rings. The summed E-state index contributed by atoms with van der Waals surface area (Å²) < 4.78 is 10.6. The van der Waals surface area contributed by atoms with Crippen molar-refractivity contribution in [1.82, 2.24) is 4.90 Å². The molecule has 0 spiro atoms. The van der Waals surface area contributed by atoms with Crippen LogP contribution in [0.25, 0.3) is 0 Å². The van der Waals surface area contributed by atoms with E-state index in [1.165, 1.54) is 0 Å². The second kappa shape index (κ2) is 10.5. The van der Waals surface area contributed by atoms with E-state index in [-0.39, 0.29) is 13.2 Å². The Morgan fingerprint density at radius 2 is 1.42 bits per heavy atom. The van der Waals surface area contributed by atoms with Crippen LogP contribution in [0, 0.1) is 0 Å². The summed E-state index contributed by atoms with van der Waals surface area (Å²) in [6, 6.07) is 14.5. The van der Waals surface area contributed by atoms with Gasteiger partial charge in [-0.2, -0.15) is 0 Å². The lowest BCUT2D eigenvalue weighted by Gasteiger charge is -2.30. The van der Waals surface area contributed by atoms with Crippen LogP contribution in [0.3, 0.4) is 0 Å². The third-order valence-electron chi connectivity index (χ3n) is 4.75. The van der Waals surface area contributed by atoms with Gasteiger partial charge in [0.05, 0.1) is 30.3 Å². The molecule has 0 unspecified atom stereocenters. The SMILES string of the molecule is CCOC(=O)C1=CN(Cc2ccc(Cl)cc2)C=C(C(=O)OCC)C1c1ccccc1Cl. The topological polar surface area (TPSA) is 55.8 Å². The van der Waals surface area contributed by atoms with Gasteiger partial charge in [-0.25, -0.2) is 9.59 Å². The third-order valence-corrected chi connectivity index (χ3v) is 5.34. The van der Waals surface area contributed by atoms with Gasteiger partial charge < -0.3 is 14.4 Å². The molecule has 0 aromatic heterocycles. The van der Waals surface area contributed by atoms with E-state index in [9.17, 15) is 9.59 Å². The van der Waals surface area contributed by atoms with Crippen molar-refractivity contribution in [1.29, 1.82) is 0 Å². The normalized spacial score (nSPS) is 14.0. The van der Waals surface area contributed by atoms with Crippen LogP contribution in [0.4, 0.5) is 0 Å². The summed E-state index contributed by atoms with van der Waals surface area (Å²) >= 11 is 12.4. The molecule has 0 radical (unpaired) electrons. The molecule has 0 saturated carbocycles. The van der Waals surface area contributed by atoms with Crippen LogP contribution in [-0.4, -0.2) is 30.1 Å². The van der Waals surface area contributed by atoms with E-state index < -0.39 is 17.9 Å². The third kappa shape index (κ3) is 5.49. The molecule has 0 saturated heterocycles. The van der Waals surface area contributed by atoms with Crippen molar-refractivity contribution in [2.75, 3.05) is 13.2 Å². The number of halogens is 2. The van der Waals surface area contributed by atoms with E-state index in [0.29, 0.717) is 33.3 Å². The summed E-state index contributed by atoms with van der Waals surface area (Å²) in [7, 11) is 0. The van der Waals surface area contributed by atoms with Crippen LogP contribution in [0.5, 0.6) is 0 Å². The Labute approximate surface area is 191 Å². The van der Waals surface area contributed by atoms with Crippen molar-refractivity contribution in [2.45, 2.75) is 26.3 Å². The molecule has 2 aromatic rings. The Bertz CT molecular complexity index is 978. The Hall–Kier alpha value is -2.76. The molecule has 162 valence electrons. The predicted octanol–water partition coefficient (Wildman–Crippen LogP) is 5.49. The number of esters is 2. The number of ether oxygens (including phenoxy) is 2. The average Bonchev–Trinajstić information content (AvgIpc) is 2.76. The van der Waals surface area contributed by atoms with Gasteiger partial charge in [-0.05, 0) is 43.2 Å². The number of nitrogens with zero attached hydrogens (tertiary/aromatic N) is 1. The van der Waals surface area contributed by atoms with Gasteiger partial charge in [0.15, 0.2) is 0 Å². The molecular formula is C24H23Cl2NO4. The standard InChI is InChI=1S/C24H23Cl2NO4/c1-3-30-23(28)19-14-27(13-16-9-11-17(25)12-10-16)15-20(24(29)31-4-2)22(19)18-7-5-6-8-21(18)26/h5-12,14-15,22H,3-4,13H2,1-2H3. The first-order valence-electron chi connectivity index (χ1n) is 9.96. The lowest BCUT2D eigenvalue weighted by atomic mass is 9.83. The predicted molar refractivity (Wildman–Crippen MR) is 121 cm³/mol. The number of carbonyl (C=O) groups excluding carboxylic acids is 2. The number of hydrogen-bond donors (Lipinski definition) is 0. The molecular weight excluding hydrogens is 437 g/mol. The largest absolute Gasteiger partial charge is 0.463 e. The molecule has 7 heteroatoms. The van der Waals surface area contributed by atoms with E-state index in [2.05, 4.69) is 0 Å².